The van der Waals surface area contributed by atoms with Gasteiger partial charge < -0.3 is 14.6 Å². The first-order valence-corrected chi connectivity index (χ1v) is 11.0. The third-order valence-corrected chi connectivity index (χ3v) is 6.28. The Labute approximate surface area is 188 Å². The van der Waals surface area contributed by atoms with Gasteiger partial charge >= 0.3 is 5.63 Å². The molecule has 5 rings (SSSR count). The Balaban J connectivity index is 1.61. The topological polar surface area (TPSA) is 79.6 Å². The lowest BCUT2D eigenvalue weighted by Gasteiger charge is -2.22. The van der Waals surface area contributed by atoms with Crippen molar-refractivity contribution in [2.24, 2.45) is 5.92 Å². The van der Waals surface area contributed by atoms with Gasteiger partial charge in [-0.05, 0) is 48.9 Å². The summed E-state index contributed by atoms with van der Waals surface area (Å²) in [5.74, 6) is -1.68. The Bertz CT molecular complexity index is 1320. The Morgan fingerprint density at radius 3 is 2.64 bits per heavy atom. The average Bonchev–Trinajstić information content (AvgIpc) is 3.54. The molecule has 0 bridgehead atoms. The molecule has 0 spiro atoms. The molecule has 1 aliphatic heterocycles. The molecule has 1 amide bonds. The smallest absolute Gasteiger partial charge is 0.348 e. The number of nitrogens with one attached hydrogen (secondary N) is 1. The molecule has 1 saturated carbocycles. The second-order valence-corrected chi connectivity index (χ2v) is 8.61. The number of rotatable bonds is 7. The van der Waals surface area contributed by atoms with Crippen molar-refractivity contribution in [2.75, 3.05) is 18.4 Å². The molecule has 1 aliphatic carbocycles. The fourth-order valence-electron chi connectivity index (χ4n) is 4.50. The Morgan fingerprint density at radius 1 is 1.15 bits per heavy atom. The molecule has 0 unspecified atom stereocenters. The predicted molar refractivity (Wildman–Crippen MR) is 118 cm³/mol. The first kappa shape index (κ1) is 21.3. The molecule has 8 heteroatoms. The van der Waals surface area contributed by atoms with Crippen molar-refractivity contribution in [1.82, 2.24) is 4.90 Å². The van der Waals surface area contributed by atoms with E-state index in [2.05, 4.69) is 5.32 Å². The lowest BCUT2D eigenvalue weighted by Crippen LogP contribution is -2.31. The maximum Gasteiger partial charge on any atom is 0.348 e. The van der Waals surface area contributed by atoms with Crippen LogP contribution in [-0.2, 0) is 4.79 Å². The average molecular weight is 452 g/mol. The van der Waals surface area contributed by atoms with Gasteiger partial charge in [0.25, 0.3) is 0 Å². The first-order valence-electron chi connectivity index (χ1n) is 11.0. The van der Waals surface area contributed by atoms with Crippen LogP contribution in [0.1, 0.15) is 47.6 Å². The largest absolute Gasteiger partial charge is 0.405 e. The van der Waals surface area contributed by atoms with E-state index in [0.717, 1.165) is 18.9 Å². The second-order valence-electron chi connectivity index (χ2n) is 8.61. The van der Waals surface area contributed by atoms with E-state index in [1.165, 1.54) is 29.2 Å². The summed E-state index contributed by atoms with van der Waals surface area (Å²) in [6, 6.07) is 9.76. The summed E-state index contributed by atoms with van der Waals surface area (Å²) in [6.45, 7) is 0.269. The van der Waals surface area contributed by atoms with Crippen molar-refractivity contribution >= 4 is 28.3 Å². The molecule has 3 aromatic rings. The number of carbonyl (C=O) groups is 2. The molecule has 0 radical (unpaired) electrons. The van der Waals surface area contributed by atoms with Gasteiger partial charge in [-0.2, -0.15) is 0 Å². The number of carbonyl (C=O) groups excluding carboxylic acids is 2. The highest BCUT2D eigenvalue weighted by Gasteiger charge is 2.35. The third-order valence-electron chi connectivity index (χ3n) is 6.28. The van der Waals surface area contributed by atoms with Crippen LogP contribution in [0.3, 0.4) is 0 Å². The van der Waals surface area contributed by atoms with E-state index in [-0.39, 0.29) is 40.6 Å². The van der Waals surface area contributed by atoms with E-state index >= 15 is 0 Å². The van der Waals surface area contributed by atoms with E-state index in [1.54, 1.807) is 12.1 Å². The van der Waals surface area contributed by atoms with E-state index in [9.17, 15) is 23.2 Å². The van der Waals surface area contributed by atoms with Crippen molar-refractivity contribution in [2.45, 2.75) is 31.7 Å². The second kappa shape index (κ2) is 8.42. The minimum Gasteiger partial charge on any atom is -0.405 e. The van der Waals surface area contributed by atoms with E-state index < -0.39 is 29.1 Å². The minimum atomic E-state index is -0.909. The molecule has 2 heterocycles. The van der Waals surface area contributed by atoms with Gasteiger partial charge in [0.2, 0.25) is 11.8 Å². The number of hydrogen-bond acceptors (Lipinski definition) is 5. The lowest BCUT2D eigenvalue weighted by atomic mass is 10.00. The monoisotopic (exact) mass is 452 g/mol. The van der Waals surface area contributed by atoms with Gasteiger partial charge in [-0.3, -0.25) is 9.59 Å². The number of fused-ring (bicyclic) bond motifs is 1. The van der Waals surface area contributed by atoms with Crippen LogP contribution in [0.4, 0.5) is 14.7 Å². The number of hydrogen-bond donors (Lipinski definition) is 1. The number of benzene rings is 2. The van der Waals surface area contributed by atoms with Crippen molar-refractivity contribution in [3.63, 3.8) is 0 Å². The number of ketones is 1. The van der Waals surface area contributed by atoms with Crippen LogP contribution in [0.5, 0.6) is 0 Å². The van der Waals surface area contributed by atoms with Crippen LogP contribution in [0.25, 0.3) is 10.8 Å². The van der Waals surface area contributed by atoms with Crippen molar-refractivity contribution < 1.29 is 22.8 Å². The first-order chi connectivity index (χ1) is 15.9. The lowest BCUT2D eigenvalue weighted by molar-refractivity contribution is -0.127. The number of amides is 1. The van der Waals surface area contributed by atoms with Gasteiger partial charge in [0.05, 0.1) is 18.2 Å². The summed E-state index contributed by atoms with van der Waals surface area (Å²) >= 11 is 0. The Hall–Kier alpha value is -3.55. The van der Waals surface area contributed by atoms with Gasteiger partial charge in [-0.1, -0.05) is 24.3 Å². The third kappa shape index (κ3) is 4.13. The fraction of sp³-hybridized carbons (Fsp3) is 0.320. The van der Waals surface area contributed by atoms with Gasteiger partial charge in [-0.25, -0.2) is 13.6 Å². The summed E-state index contributed by atoms with van der Waals surface area (Å²) in [5.41, 5.74) is -0.230. The van der Waals surface area contributed by atoms with Crippen molar-refractivity contribution in [3.8, 4) is 0 Å². The molecular formula is C25H22F2N2O4. The van der Waals surface area contributed by atoms with Crippen LogP contribution >= 0.6 is 0 Å². The zero-order valence-electron chi connectivity index (χ0n) is 17.8. The highest BCUT2D eigenvalue weighted by Crippen LogP contribution is 2.43. The zero-order chi connectivity index (χ0) is 23.1. The number of likely N-dealkylation sites (tertiary alicyclic amines) is 1. The number of anilines is 1. The summed E-state index contributed by atoms with van der Waals surface area (Å²) in [7, 11) is 0. The van der Waals surface area contributed by atoms with Gasteiger partial charge in [0.1, 0.15) is 17.0 Å². The van der Waals surface area contributed by atoms with Crippen LogP contribution in [0.2, 0.25) is 0 Å². The molecule has 6 nitrogen and oxygen atoms in total. The fourth-order valence-corrected chi connectivity index (χ4v) is 4.50. The van der Waals surface area contributed by atoms with Crippen LogP contribution < -0.4 is 10.9 Å². The maximum atomic E-state index is 14.5. The summed E-state index contributed by atoms with van der Waals surface area (Å²) < 4.78 is 33.9. The molecule has 1 atom stereocenters. The molecule has 2 aliphatic rings. The summed E-state index contributed by atoms with van der Waals surface area (Å²) in [6.07, 6.45) is 2.83. The number of Topliss-reactive ketones (excluding diaryl/α,β-unsaturated/α-hetero) is 1. The van der Waals surface area contributed by atoms with E-state index in [1.807, 2.05) is 0 Å². The summed E-state index contributed by atoms with van der Waals surface area (Å²) in [4.78, 5) is 39.6. The van der Waals surface area contributed by atoms with Crippen LogP contribution in [0.15, 0.2) is 51.7 Å². The summed E-state index contributed by atoms with van der Waals surface area (Å²) in [5, 5.41) is 2.95. The van der Waals surface area contributed by atoms with Crippen LogP contribution in [-0.4, -0.2) is 29.7 Å². The predicted octanol–water partition coefficient (Wildman–Crippen LogP) is 4.44. The molecule has 2 fully saturated rings. The number of halogens is 2. The van der Waals surface area contributed by atoms with E-state index in [4.69, 9.17) is 4.42 Å². The van der Waals surface area contributed by atoms with Gasteiger partial charge in [-0.15, -0.1) is 0 Å². The molecule has 1 saturated heterocycles. The Morgan fingerprint density at radius 2 is 1.94 bits per heavy atom. The zero-order valence-corrected chi connectivity index (χ0v) is 17.8. The van der Waals surface area contributed by atoms with Crippen molar-refractivity contribution in [1.29, 1.82) is 0 Å². The normalized spacial score (nSPS) is 16.9. The molecular weight excluding hydrogens is 430 g/mol. The molecule has 33 heavy (non-hydrogen) atoms. The highest BCUT2D eigenvalue weighted by molar-refractivity contribution is 6.12. The van der Waals surface area contributed by atoms with Crippen LogP contribution in [0, 0.1) is 17.6 Å². The van der Waals surface area contributed by atoms with E-state index in [0.29, 0.717) is 24.9 Å². The number of nitrogens with zero attached hydrogens (tertiary/aromatic N) is 1. The highest BCUT2D eigenvalue weighted by atomic mass is 19.1. The molecule has 1 N–H and O–H groups in total. The molecule has 170 valence electrons. The maximum absolute atomic E-state index is 14.5. The van der Waals surface area contributed by atoms with Crippen molar-refractivity contribution in [3.05, 3.63) is 75.6 Å². The quantitative estimate of drug-likeness (QED) is 0.536. The molecule has 1 aromatic heterocycles. The SMILES string of the molecule is O=C(CN1CCCC1=O)c1c(N[C@H](c2cccc(F)c2)C2CC2)oc(=O)c2c(F)cccc12. The van der Waals surface area contributed by atoms with Gasteiger partial charge in [0.15, 0.2) is 5.78 Å². The molecule has 2 aromatic carbocycles. The van der Waals surface area contributed by atoms with Gasteiger partial charge in [0, 0.05) is 18.4 Å². The standard InChI is InChI=1S/C25H22F2N2O4/c26-16-5-1-4-15(12-16)23(14-9-10-14)28-24-22(19(30)13-29-11-3-8-20(29)31)17-6-2-7-18(27)21(17)25(32)33-24/h1-2,4-7,12,14,23,28H,3,8-11,13H2/t23-/m0/s1. The minimum absolute atomic E-state index is 0.0193. The Kier molecular flexibility index (Phi) is 5.44.